The lowest BCUT2D eigenvalue weighted by molar-refractivity contribution is 0.0131. The number of nitriles is 1. The number of hydrogen-bond acceptors (Lipinski definition) is 3. The Morgan fingerprint density at radius 2 is 1.03 bits per heavy atom. The number of hydrogen-bond donors (Lipinski definition) is 0. The minimum absolute atomic E-state index is 0.462. The third-order valence-electron chi connectivity index (χ3n) is 6.01. The molecule has 0 spiro atoms. The Labute approximate surface area is 182 Å². The van der Waals surface area contributed by atoms with Gasteiger partial charge in [0.1, 0.15) is 5.60 Å². The van der Waals surface area contributed by atoms with Crippen molar-refractivity contribution in [2.24, 2.45) is 0 Å². The molecule has 1 aliphatic rings. The zero-order chi connectivity index (χ0) is 21.2. The Bertz CT molecular complexity index is 1150. The molecule has 4 aromatic rings. The second-order valence-corrected chi connectivity index (χ2v) is 7.80. The van der Waals surface area contributed by atoms with E-state index >= 15 is 0 Å². The van der Waals surface area contributed by atoms with Crippen LogP contribution in [-0.4, -0.2) is 0 Å². The SMILES string of the molecule is N#CC1(c2ccccc2)CC(c2ccccc2)(c2ccccc2)ON1c1ccccc1. The Hall–Kier alpha value is -3.87. The van der Waals surface area contributed by atoms with Gasteiger partial charge in [-0.3, -0.25) is 4.84 Å². The molecule has 150 valence electrons. The first-order valence-corrected chi connectivity index (χ1v) is 10.4. The Balaban J connectivity index is 1.78. The molecule has 3 heteroatoms. The summed E-state index contributed by atoms with van der Waals surface area (Å²) in [5.41, 5.74) is 2.01. The Morgan fingerprint density at radius 3 is 1.48 bits per heavy atom. The molecular weight excluding hydrogens is 380 g/mol. The van der Waals surface area contributed by atoms with Gasteiger partial charge >= 0.3 is 0 Å². The van der Waals surface area contributed by atoms with Crippen molar-refractivity contribution in [3.05, 3.63) is 138 Å². The van der Waals surface area contributed by atoms with E-state index in [-0.39, 0.29) is 0 Å². The molecule has 0 bridgehead atoms. The fourth-order valence-electron chi connectivity index (χ4n) is 4.51. The smallest absolute Gasteiger partial charge is 0.181 e. The molecule has 1 aliphatic heterocycles. The highest BCUT2D eigenvalue weighted by Gasteiger charge is 2.58. The highest BCUT2D eigenvalue weighted by molar-refractivity contribution is 5.56. The summed E-state index contributed by atoms with van der Waals surface area (Å²) in [6.45, 7) is 0. The maximum atomic E-state index is 10.7. The predicted molar refractivity (Wildman–Crippen MR) is 122 cm³/mol. The van der Waals surface area contributed by atoms with Gasteiger partial charge in [0.15, 0.2) is 5.54 Å². The molecule has 1 saturated heterocycles. The third-order valence-corrected chi connectivity index (χ3v) is 6.01. The van der Waals surface area contributed by atoms with Crippen molar-refractivity contribution in [3.63, 3.8) is 0 Å². The second kappa shape index (κ2) is 7.75. The van der Waals surface area contributed by atoms with Crippen LogP contribution in [-0.2, 0) is 16.0 Å². The molecule has 0 aliphatic carbocycles. The minimum atomic E-state index is -0.992. The van der Waals surface area contributed by atoms with E-state index in [9.17, 15) is 5.26 Å². The van der Waals surface area contributed by atoms with Crippen LogP contribution in [0.5, 0.6) is 0 Å². The number of para-hydroxylation sites is 1. The van der Waals surface area contributed by atoms with Crippen molar-refractivity contribution < 1.29 is 4.84 Å². The number of benzene rings is 4. The molecule has 5 rings (SSSR count). The molecule has 31 heavy (non-hydrogen) atoms. The van der Waals surface area contributed by atoms with Gasteiger partial charge < -0.3 is 0 Å². The van der Waals surface area contributed by atoms with E-state index in [1.54, 1.807) is 0 Å². The molecule has 0 amide bonds. The van der Waals surface area contributed by atoms with Gasteiger partial charge in [0.2, 0.25) is 0 Å². The maximum Gasteiger partial charge on any atom is 0.181 e. The van der Waals surface area contributed by atoms with Crippen LogP contribution in [0, 0.1) is 11.3 Å². The molecule has 4 aromatic carbocycles. The van der Waals surface area contributed by atoms with Gasteiger partial charge in [0.25, 0.3) is 0 Å². The average molecular weight is 402 g/mol. The molecule has 0 N–H and O–H groups in total. The van der Waals surface area contributed by atoms with Crippen LogP contribution >= 0.6 is 0 Å². The molecule has 1 fully saturated rings. The third kappa shape index (κ3) is 3.09. The van der Waals surface area contributed by atoms with E-state index in [1.165, 1.54) is 0 Å². The highest BCUT2D eigenvalue weighted by Crippen LogP contribution is 2.54. The zero-order valence-electron chi connectivity index (χ0n) is 17.1. The molecular formula is C28H22N2O. The fourth-order valence-corrected chi connectivity index (χ4v) is 4.51. The summed E-state index contributed by atoms with van der Waals surface area (Å²) in [4.78, 5) is 6.88. The monoisotopic (exact) mass is 402 g/mol. The summed E-state index contributed by atoms with van der Waals surface area (Å²) in [5.74, 6) is 0. The van der Waals surface area contributed by atoms with Crippen LogP contribution in [0.2, 0.25) is 0 Å². The quantitative estimate of drug-likeness (QED) is 0.408. The first-order chi connectivity index (χ1) is 15.3. The average Bonchev–Trinajstić information content (AvgIpc) is 3.24. The van der Waals surface area contributed by atoms with Gasteiger partial charge in [-0.1, -0.05) is 109 Å². The molecule has 1 atom stereocenters. The summed E-state index contributed by atoms with van der Waals surface area (Å²) in [6.07, 6.45) is 0.462. The van der Waals surface area contributed by atoms with Crippen LogP contribution in [0.25, 0.3) is 0 Å². The van der Waals surface area contributed by atoms with E-state index in [0.717, 1.165) is 22.4 Å². The highest BCUT2D eigenvalue weighted by atomic mass is 16.7. The van der Waals surface area contributed by atoms with Gasteiger partial charge in [-0.05, 0) is 28.8 Å². The largest absolute Gasteiger partial charge is 0.255 e. The van der Waals surface area contributed by atoms with Gasteiger partial charge in [-0.25, -0.2) is 5.06 Å². The number of nitrogens with zero attached hydrogens (tertiary/aromatic N) is 2. The summed E-state index contributed by atoms with van der Waals surface area (Å²) < 4.78 is 0. The van der Waals surface area contributed by atoms with E-state index in [4.69, 9.17) is 4.84 Å². The number of anilines is 1. The van der Waals surface area contributed by atoms with Crippen molar-refractivity contribution in [2.45, 2.75) is 17.6 Å². The summed E-state index contributed by atoms with van der Waals surface area (Å²) in [6, 6.07) is 42.8. The molecule has 0 radical (unpaired) electrons. The lowest BCUT2D eigenvalue weighted by Crippen LogP contribution is -2.39. The van der Waals surface area contributed by atoms with Crippen molar-refractivity contribution in [1.29, 1.82) is 5.26 Å². The Kier molecular flexibility index (Phi) is 4.78. The molecule has 0 saturated carbocycles. The van der Waals surface area contributed by atoms with Crippen molar-refractivity contribution >= 4 is 5.69 Å². The lowest BCUT2D eigenvalue weighted by atomic mass is 9.75. The standard InChI is InChI=1S/C28H22N2O/c29-22-27(23-13-5-1-6-14-23)21-28(24-15-7-2-8-16-24,25-17-9-3-10-18-25)31-30(27)26-19-11-4-12-20-26/h1-20H,21H2. The summed E-state index contributed by atoms with van der Waals surface area (Å²) >= 11 is 0. The van der Waals surface area contributed by atoms with Gasteiger partial charge in [0, 0.05) is 6.42 Å². The van der Waals surface area contributed by atoms with Crippen molar-refractivity contribution in [1.82, 2.24) is 0 Å². The molecule has 1 unspecified atom stereocenters. The normalized spacial score (nSPS) is 19.6. The van der Waals surface area contributed by atoms with Crippen LogP contribution in [0.15, 0.2) is 121 Å². The van der Waals surface area contributed by atoms with Gasteiger partial charge in [-0.2, -0.15) is 5.26 Å². The van der Waals surface area contributed by atoms with E-state index in [2.05, 4.69) is 30.3 Å². The number of rotatable bonds is 4. The maximum absolute atomic E-state index is 10.7. The fraction of sp³-hybridized carbons (Fsp3) is 0.107. The topological polar surface area (TPSA) is 36.3 Å². The minimum Gasteiger partial charge on any atom is -0.255 e. The number of hydroxylamine groups is 1. The van der Waals surface area contributed by atoms with Gasteiger partial charge in [-0.15, -0.1) is 0 Å². The second-order valence-electron chi connectivity index (χ2n) is 7.80. The Morgan fingerprint density at radius 1 is 0.613 bits per heavy atom. The predicted octanol–water partition coefficient (Wildman–Crippen LogP) is 6.19. The van der Waals surface area contributed by atoms with E-state index < -0.39 is 11.1 Å². The summed E-state index contributed by atoms with van der Waals surface area (Å²) in [7, 11) is 0. The molecule has 1 heterocycles. The molecule has 0 aromatic heterocycles. The lowest BCUT2D eigenvalue weighted by Gasteiger charge is -2.32. The van der Waals surface area contributed by atoms with Gasteiger partial charge in [0.05, 0.1) is 11.8 Å². The van der Waals surface area contributed by atoms with E-state index in [1.807, 2.05) is 102 Å². The van der Waals surface area contributed by atoms with Crippen LogP contribution < -0.4 is 5.06 Å². The van der Waals surface area contributed by atoms with Crippen molar-refractivity contribution in [2.75, 3.05) is 5.06 Å². The van der Waals surface area contributed by atoms with Crippen molar-refractivity contribution in [3.8, 4) is 6.07 Å². The molecule has 3 nitrogen and oxygen atoms in total. The summed E-state index contributed by atoms with van der Waals surface area (Å²) in [5, 5.41) is 12.5. The zero-order valence-corrected chi connectivity index (χ0v) is 17.1. The van der Waals surface area contributed by atoms with Crippen LogP contribution in [0.4, 0.5) is 5.69 Å². The first-order valence-electron chi connectivity index (χ1n) is 10.4. The van der Waals surface area contributed by atoms with E-state index in [0.29, 0.717) is 6.42 Å². The van der Waals surface area contributed by atoms with Crippen LogP contribution in [0.3, 0.4) is 0 Å². The first kappa shape index (κ1) is 19.1. The van der Waals surface area contributed by atoms with Crippen LogP contribution in [0.1, 0.15) is 23.1 Å².